The van der Waals surface area contributed by atoms with Gasteiger partial charge in [-0.3, -0.25) is 4.79 Å². The molecule has 130 valence electrons. The smallest absolute Gasteiger partial charge is 0.224 e. The van der Waals surface area contributed by atoms with E-state index in [0.29, 0.717) is 6.54 Å². The Morgan fingerprint density at radius 3 is 2.83 bits per heavy atom. The first-order chi connectivity index (χ1) is 11.1. The van der Waals surface area contributed by atoms with Crippen molar-refractivity contribution in [2.45, 2.75) is 26.3 Å². The summed E-state index contributed by atoms with van der Waals surface area (Å²) in [6.07, 6.45) is 2.04. The van der Waals surface area contributed by atoms with Crippen LogP contribution in [0.2, 0.25) is 5.02 Å². The zero-order valence-electron chi connectivity index (χ0n) is 13.5. The molecular weight excluding hydrogens is 365 g/mol. The van der Waals surface area contributed by atoms with E-state index in [0.717, 1.165) is 52.1 Å². The van der Waals surface area contributed by atoms with Crippen LogP contribution in [0.1, 0.15) is 23.4 Å². The Hall–Kier alpha value is -1.14. The van der Waals surface area contributed by atoms with Gasteiger partial charge in [0.2, 0.25) is 5.91 Å². The third kappa shape index (κ3) is 4.70. The van der Waals surface area contributed by atoms with Crippen LogP contribution in [0.5, 0.6) is 0 Å². The van der Waals surface area contributed by atoms with Crippen LogP contribution in [-0.4, -0.2) is 24.0 Å². The highest BCUT2D eigenvalue weighted by atomic mass is 35.5. The first-order valence-corrected chi connectivity index (χ1v) is 9.03. The Balaban J connectivity index is 0.00000208. The average Bonchev–Trinajstić information content (AvgIpc) is 2.95. The van der Waals surface area contributed by atoms with Crippen LogP contribution < -0.4 is 10.6 Å². The molecule has 0 spiro atoms. The molecule has 1 aromatic carbocycles. The molecule has 0 radical (unpaired) electrons. The van der Waals surface area contributed by atoms with E-state index < -0.39 is 0 Å². The van der Waals surface area contributed by atoms with Crippen LogP contribution >= 0.6 is 35.3 Å². The Morgan fingerprint density at radius 1 is 1.42 bits per heavy atom. The van der Waals surface area contributed by atoms with Gasteiger partial charge >= 0.3 is 0 Å². The van der Waals surface area contributed by atoms with E-state index in [1.54, 1.807) is 11.3 Å². The van der Waals surface area contributed by atoms with Gasteiger partial charge in [-0.2, -0.15) is 0 Å². The number of hydrogen-bond donors (Lipinski definition) is 2. The molecule has 1 amide bonds. The highest BCUT2D eigenvalue weighted by Crippen LogP contribution is 2.28. The molecule has 2 heterocycles. The number of thiazole rings is 1. The molecule has 1 saturated heterocycles. The number of amides is 1. The largest absolute Gasteiger partial charge is 0.351 e. The lowest BCUT2D eigenvalue weighted by atomic mass is 9.99. The molecule has 1 fully saturated rings. The minimum atomic E-state index is 0. The molecule has 24 heavy (non-hydrogen) atoms. The van der Waals surface area contributed by atoms with Crippen molar-refractivity contribution < 1.29 is 4.79 Å². The Bertz CT molecular complexity index is 682. The van der Waals surface area contributed by atoms with Gasteiger partial charge in [-0.05, 0) is 38.4 Å². The highest BCUT2D eigenvalue weighted by molar-refractivity contribution is 7.15. The summed E-state index contributed by atoms with van der Waals surface area (Å²) in [6, 6.07) is 7.67. The third-order valence-corrected chi connectivity index (χ3v) is 5.53. The van der Waals surface area contributed by atoms with Crippen LogP contribution in [0.3, 0.4) is 0 Å². The summed E-state index contributed by atoms with van der Waals surface area (Å²) in [7, 11) is 0. The van der Waals surface area contributed by atoms with Crippen molar-refractivity contribution in [3.05, 3.63) is 39.9 Å². The van der Waals surface area contributed by atoms with E-state index in [1.165, 1.54) is 0 Å². The summed E-state index contributed by atoms with van der Waals surface area (Å²) in [5, 5.41) is 8.01. The highest BCUT2D eigenvalue weighted by Gasteiger charge is 2.21. The fraction of sp³-hybridized carbons (Fsp3) is 0.412. The van der Waals surface area contributed by atoms with Crippen LogP contribution in [-0.2, 0) is 11.3 Å². The minimum absolute atomic E-state index is 0. The van der Waals surface area contributed by atoms with Gasteiger partial charge in [0, 0.05) is 22.0 Å². The van der Waals surface area contributed by atoms with E-state index in [2.05, 4.69) is 15.6 Å². The molecule has 1 aliphatic heterocycles. The lowest BCUT2D eigenvalue weighted by molar-refractivity contribution is -0.125. The lowest BCUT2D eigenvalue weighted by Crippen LogP contribution is -2.40. The van der Waals surface area contributed by atoms with Crippen molar-refractivity contribution in [2.75, 3.05) is 13.1 Å². The monoisotopic (exact) mass is 385 g/mol. The van der Waals surface area contributed by atoms with Gasteiger partial charge < -0.3 is 10.6 Å². The van der Waals surface area contributed by atoms with Crippen LogP contribution in [0.4, 0.5) is 0 Å². The van der Waals surface area contributed by atoms with Crippen molar-refractivity contribution in [1.82, 2.24) is 15.6 Å². The number of nitrogens with one attached hydrogen (secondary N) is 2. The summed E-state index contributed by atoms with van der Waals surface area (Å²) in [5.41, 5.74) is 2.03. The number of hydrogen-bond acceptors (Lipinski definition) is 4. The zero-order valence-corrected chi connectivity index (χ0v) is 15.9. The minimum Gasteiger partial charge on any atom is -0.351 e. The number of piperidine rings is 1. The number of halogens is 2. The first-order valence-electron chi connectivity index (χ1n) is 7.84. The van der Waals surface area contributed by atoms with Crippen molar-refractivity contribution in [3.8, 4) is 10.6 Å². The van der Waals surface area contributed by atoms with Gasteiger partial charge in [0.25, 0.3) is 0 Å². The van der Waals surface area contributed by atoms with Crippen LogP contribution in [0.25, 0.3) is 10.6 Å². The second kappa shape index (κ2) is 8.81. The standard InChI is InChI=1S/C17H20ClN3OS.ClH/c1-11-15(10-20-16(22)13-3-2-8-19-9-13)23-17(21-11)12-4-6-14(18)7-5-12;/h4-7,13,19H,2-3,8-10H2,1H3,(H,20,22);1H. The van der Waals surface area contributed by atoms with Gasteiger partial charge in [-0.1, -0.05) is 23.7 Å². The summed E-state index contributed by atoms with van der Waals surface area (Å²) in [5.74, 6) is 0.228. The third-order valence-electron chi connectivity index (χ3n) is 4.07. The molecule has 0 bridgehead atoms. The van der Waals surface area contributed by atoms with E-state index in [1.807, 2.05) is 31.2 Å². The number of rotatable bonds is 4. The number of carbonyl (C=O) groups is 1. The number of carbonyl (C=O) groups excluding carboxylic acids is 1. The van der Waals surface area contributed by atoms with Crippen LogP contribution in [0, 0.1) is 12.8 Å². The molecule has 1 aliphatic rings. The molecule has 1 aromatic heterocycles. The molecule has 4 nitrogen and oxygen atoms in total. The Kier molecular flexibility index (Phi) is 7.04. The predicted molar refractivity (Wildman–Crippen MR) is 102 cm³/mol. The molecule has 0 aliphatic carbocycles. The molecule has 2 N–H and O–H groups in total. The van der Waals surface area contributed by atoms with E-state index in [4.69, 9.17) is 11.6 Å². The van der Waals surface area contributed by atoms with E-state index >= 15 is 0 Å². The number of benzene rings is 1. The molecule has 1 atom stereocenters. The topological polar surface area (TPSA) is 54.0 Å². The first kappa shape index (κ1) is 19.2. The molecular formula is C17H21Cl2N3OS. The summed E-state index contributed by atoms with van der Waals surface area (Å²) >= 11 is 7.55. The summed E-state index contributed by atoms with van der Waals surface area (Å²) in [6.45, 7) is 4.33. The van der Waals surface area contributed by atoms with Crippen molar-refractivity contribution >= 4 is 41.3 Å². The molecule has 2 aromatic rings. The van der Waals surface area contributed by atoms with E-state index in [9.17, 15) is 4.79 Å². The second-order valence-corrected chi connectivity index (χ2v) is 7.32. The van der Waals surface area contributed by atoms with Gasteiger partial charge in [-0.15, -0.1) is 23.7 Å². The maximum atomic E-state index is 12.2. The Labute approximate surface area is 157 Å². The summed E-state index contributed by atoms with van der Waals surface area (Å²) in [4.78, 5) is 17.9. The fourth-order valence-corrected chi connectivity index (χ4v) is 3.83. The van der Waals surface area contributed by atoms with E-state index in [-0.39, 0.29) is 24.2 Å². The maximum absolute atomic E-state index is 12.2. The van der Waals surface area contributed by atoms with Gasteiger partial charge in [0.1, 0.15) is 5.01 Å². The summed E-state index contributed by atoms with van der Waals surface area (Å²) < 4.78 is 0. The second-order valence-electron chi connectivity index (χ2n) is 5.80. The van der Waals surface area contributed by atoms with Gasteiger partial charge in [-0.25, -0.2) is 4.98 Å². The quantitative estimate of drug-likeness (QED) is 0.840. The molecule has 1 unspecified atom stereocenters. The zero-order chi connectivity index (χ0) is 16.2. The lowest BCUT2D eigenvalue weighted by Gasteiger charge is -2.21. The molecule has 7 heteroatoms. The van der Waals surface area contributed by atoms with Crippen molar-refractivity contribution in [3.63, 3.8) is 0 Å². The normalized spacial score (nSPS) is 17.2. The number of nitrogens with zero attached hydrogens (tertiary/aromatic N) is 1. The maximum Gasteiger partial charge on any atom is 0.224 e. The number of aromatic nitrogens is 1. The average molecular weight is 386 g/mol. The SMILES string of the molecule is Cc1nc(-c2ccc(Cl)cc2)sc1CNC(=O)C1CCCNC1.Cl. The number of aryl methyl sites for hydroxylation is 1. The Morgan fingerprint density at radius 2 is 2.17 bits per heavy atom. The van der Waals surface area contributed by atoms with Crippen molar-refractivity contribution in [1.29, 1.82) is 0 Å². The van der Waals surface area contributed by atoms with Crippen LogP contribution in [0.15, 0.2) is 24.3 Å². The van der Waals surface area contributed by atoms with Gasteiger partial charge in [0.15, 0.2) is 0 Å². The molecule has 0 saturated carbocycles. The van der Waals surface area contributed by atoms with Gasteiger partial charge in [0.05, 0.1) is 18.2 Å². The fourth-order valence-electron chi connectivity index (χ4n) is 2.70. The molecule has 3 rings (SSSR count). The van der Waals surface area contributed by atoms with Crippen molar-refractivity contribution in [2.24, 2.45) is 5.92 Å². The predicted octanol–water partition coefficient (Wildman–Crippen LogP) is 3.81.